The molecule has 0 bridgehead atoms. The van der Waals surface area contributed by atoms with Gasteiger partial charge < -0.3 is 0 Å². The fraction of sp³-hybridized carbons (Fsp3) is 0. The first-order valence-corrected chi connectivity index (χ1v) is 5.27. The highest BCUT2D eigenvalue weighted by Gasteiger charge is 2.02. The summed E-state index contributed by atoms with van der Waals surface area (Å²) in [6.07, 6.45) is 5.73. The van der Waals surface area contributed by atoms with Crippen LogP contribution in [0.15, 0.2) is 41.0 Å². The van der Waals surface area contributed by atoms with Crippen molar-refractivity contribution >= 4 is 39.2 Å². The summed E-state index contributed by atoms with van der Waals surface area (Å²) in [5.41, 5.74) is 1.84. The van der Waals surface area contributed by atoms with Crippen LogP contribution in [0.3, 0.4) is 0 Å². The molecule has 2 aromatic rings. The first-order chi connectivity index (χ1) is 7.33. The van der Waals surface area contributed by atoms with Gasteiger partial charge in [0.1, 0.15) is 6.29 Å². The predicted octanol–water partition coefficient (Wildman–Crippen LogP) is 3.21. The van der Waals surface area contributed by atoms with E-state index in [1.54, 1.807) is 12.3 Å². The molecule has 0 amide bonds. The number of aromatic nitrogens is 1. The van der Waals surface area contributed by atoms with Crippen LogP contribution >= 0.6 is 15.9 Å². The molecule has 2 rings (SSSR count). The lowest BCUT2D eigenvalue weighted by atomic mass is 10.1. The highest BCUT2D eigenvalue weighted by Crippen LogP contribution is 2.25. The van der Waals surface area contributed by atoms with Crippen LogP contribution in [0.25, 0.3) is 17.0 Å². The van der Waals surface area contributed by atoms with E-state index >= 15 is 0 Å². The maximum atomic E-state index is 10.3. The van der Waals surface area contributed by atoms with E-state index in [1.165, 1.54) is 6.08 Å². The molecule has 0 radical (unpaired) electrons. The summed E-state index contributed by atoms with van der Waals surface area (Å²) < 4.78 is 1.01. The smallest absolute Gasteiger partial charge is 0.142 e. The molecule has 74 valence electrons. The number of allylic oxidation sites excluding steroid dienone is 1. The first kappa shape index (κ1) is 10.1. The third kappa shape index (κ3) is 1.97. The van der Waals surface area contributed by atoms with E-state index in [1.807, 2.05) is 24.3 Å². The Morgan fingerprint density at radius 2 is 2.13 bits per heavy atom. The second kappa shape index (κ2) is 4.36. The fourth-order valence-corrected chi connectivity index (χ4v) is 1.89. The van der Waals surface area contributed by atoms with Crippen molar-refractivity contribution in [3.8, 4) is 0 Å². The van der Waals surface area contributed by atoms with Gasteiger partial charge in [0.05, 0.1) is 5.52 Å². The number of hydrogen-bond donors (Lipinski definition) is 0. The Kier molecular flexibility index (Phi) is 2.92. The number of fused-ring (bicyclic) bond motifs is 1. The number of nitrogens with zero attached hydrogens (tertiary/aromatic N) is 1. The number of aldehydes is 1. The average molecular weight is 262 g/mol. The molecule has 0 aliphatic rings. The maximum Gasteiger partial charge on any atom is 0.142 e. The quantitative estimate of drug-likeness (QED) is 0.614. The Bertz CT molecular complexity index is 534. The highest BCUT2D eigenvalue weighted by atomic mass is 79.9. The van der Waals surface area contributed by atoms with Gasteiger partial charge in [0.2, 0.25) is 0 Å². The zero-order valence-electron chi connectivity index (χ0n) is 7.85. The number of carbonyl (C=O) groups excluding carboxylic acids is 1. The Labute approximate surface area is 95.8 Å². The van der Waals surface area contributed by atoms with Gasteiger partial charge in [-0.2, -0.15) is 0 Å². The van der Waals surface area contributed by atoms with Gasteiger partial charge in [-0.1, -0.05) is 28.1 Å². The number of rotatable bonds is 2. The van der Waals surface area contributed by atoms with Crippen molar-refractivity contribution in [2.24, 2.45) is 0 Å². The molecule has 0 N–H and O–H groups in total. The lowest BCUT2D eigenvalue weighted by Gasteiger charge is -2.02. The number of halogens is 1. The molecule has 1 aromatic carbocycles. The summed E-state index contributed by atoms with van der Waals surface area (Å²) in [5, 5.41) is 1.05. The molecular weight excluding hydrogens is 254 g/mol. The van der Waals surface area contributed by atoms with Crippen molar-refractivity contribution in [1.29, 1.82) is 0 Å². The average Bonchev–Trinajstić information content (AvgIpc) is 2.29. The molecule has 0 aliphatic heterocycles. The molecule has 0 fully saturated rings. The molecule has 2 nitrogen and oxygen atoms in total. The third-order valence-electron chi connectivity index (χ3n) is 2.10. The summed E-state index contributed by atoms with van der Waals surface area (Å²) in [7, 11) is 0. The van der Waals surface area contributed by atoms with E-state index in [4.69, 9.17) is 0 Å². The molecular formula is C12H8BrNO. The lowest BCUT2D eigenvalue weighted by molar-refractivity contribution is -0.104. The maximum absolute atomic E-state index is 10.3. The highest BCUT2D eigenvalue weighted by molar-refractivity contribution is 9.10. The van der Waals surface area contributed by atoms with Crippen molar-refractivity contribution in [2.45, 2.75) is 0 Å². The topological polar surface area (TPSA) is 30.0 Å². The van der Waals surface area contributed by atoms with Crippen LogP contribution in [0.1, 0.15) is 5.56 Å². The van der Waals surface area contributed by atoms with E-state index in [0.29, 0.717) is 0 Å². The Morgan fingerprint density at radius 3 is 2.93 bits per heavy atom. The number of benzene rings is 1. The monoisotopic (exact) mass is 261 g/mol. The molecule has 1 aromatic heterocycles. The Balaban J connectivity index is 2.71. The van der Waals surface area contributed by atoms with Gasteiger partial charge in [0, 0.05) is 21.6 Å². The van der Waals surface area contributed by atoms with Crippen LogP contribution in [0.2, 0.25) is 0 Å². The minimum absolute atomic E-state index is 0.761. The van der Waals surface area contributed by atoms with Crippen molar-refractivity contribution < 1.29 is 4.79 Å². The van der Waals surface area contributed by atoms with Crippen LogP contribution in [0.4, 0.5) is 0 Å². The Hall–Kier alpha value is -1.48. The van der Waals surface area contributed by atoms with E-state index in [9.17, 15) is 4.79 Å². The van der Waals surface area contributed by atoms with E-state index in [-0.39, 0.29) is 0 Å². The molecule has 1 heterocycles. The van der Waals surface area contributed by atoms with E-state index < -0.39 is 0 Å². The second-order valence-corrected chi connectivity index (χ2v) is 3.89. The van der Waals surface area contributed by atoms with Crippen LogP contribution in [0.5, 0.6) is 0 Å². The van der Waals surface area contributed by atoms with E-state index in [0.717, 1.165) is 27.2 Å². The van der Waals surface area contributed by atoms with Gasteiger partial charge in [0.15, 0.2) is 0 Å². The molecule has 0 saturated heterocycles. The second-order valence-electron chi connectivity index (χ2n) is 3.03. The van der Waals surface area contributed by atoms with Crippen molar-refractivity contribution in [1.82, 2.24) is 4.98 Å². The van der Waals surface area contributed by atoms with Gasteiger partial charge in [-0.25, -0.2) is 0 Å². The zero-order valence-corrected chi connectivity index (χ0v) is 9.44. The standard InChI is InChI=1S/C12H8BrNO/c13-11-6-5-9(3-2-8-15)12-10(11)4-1-7-14-12/h1-8H/b3-2+. The third-order valence-corrected chi connectivity index (χ3v) is 2.79. The van der Waals surface area contributed by atoms with Gasteiger partial charge in [0.25, 0.3) is 0 Å². The fourth-order valence-electron chi connectivity index (χ4n) is 1.44. The predicted molar refractivity (Wildman–Crippen MR) is 64.5 cm³/mol. The molecule has 3 heteroatoms. The summed E-state index contributed by atoms with van der Waals surface area (Å²) in [4.78, 5) is 14.6. The van der Waals surface area contributed by atoms with Crippen molar-refractivity contribution in [3.63, 3.8) is 0 Å². The lowest BCUT2D eigenvalue weighted by Crippen LogP contribution is -1.83. The normalized spacial score (nSPS) is 11.0. The molecule has 0 saturated carbocycles. The summed E-state index contributed by atoms with van der Waals surface area (Å²) in [6, 6.07) is 7.76. The van der Waals surface area contributed by atoms with Crippen molar-refractivity contribution in [2.75, 3.05) is 0 Å². The summed E-state index contributed by atoms with van der Waals surface area (Å²) in [6.45, 7) is 0. The molecule has 0 aliphatic carbocycles. The first-order valence-electron chi connectivity index (χ1n) is 4.48. The summed E-state index contributed by atoms with van der Waals surface area (Å²) in [5.74, 6) is 0. The number of carbonyl (C=O) groups is 1. The molecule has 0 spiro atoms. The minimum Gasteiger partial charge on any atom is -0.299 e. The van der Waals surface area contributed by atoms with Gasteiger partial charge in [-0.3, -0.25) is 9.78 Å². The van der Waals surface area contributed by atoms with Crippen LogP contribution in [0, 0.1) is 0 Å². The van der Waals surface area contributed by atoms with Crippen LogP contribution in [-0.2, 0) is 4.79 Å². The van der Waals surface area contributed by atoms with Crippen molar-refractivity contribution in [3.05, 3.63) is 46.6 Å². The Morgan fingerprint density at radius 1 is 1.27 bits per heavy atom. The van der Waals surface area contributed by atoms with Crippen LogP contribution in [-0.4, -0.2) is 11.3 Å². The summed E-state index contributed by atoms with van der Waals surface area (Å²) >= 11 is 3.47. The molecule has 0 unspecified atom stereocenters. The SMILES string of the molecule is O=C/C=C/c1ccc(Br)c2cccnc12. The molecule has 15 heavy (non-hydrogen) atoms. The van der Waals surface area contributed by atoms with Gasteiger partial charge >= 0.3 is 0 Å². The van der Waals surface area contributed by atoms with Gasteiger partial charge in [-0.15, -0.1) is 0 Å². The zero-order chi connectivity index (χ0) is 10.7. The number of hydrogen-bond acceptors (Lipinski definition) is 2. The number of pyridine rings is 1. The van der Waals surface area contributed by atoms with E-state index in [2.05, 4.69) is 20.9 Å². The van der Waals surface area contributed by atoms with Crippen LogP contribution < -0.4 is 0 Å². The minimum atomic E-state index is 0.761. The molecule has 0 atom stereocenters. The van der Waals surface area contributed by atoms with Gasteiger partial charge in [-0.05, 0) is 24.3 Å². The largest absolute Gasteiger partial charge is 0.299 e.